The smallest absolute Gasteiger partial charge is 0.317 e. The van der Waals surface area contributed by atoms with E-state index in [4.69, 9.17) is 25.4 Å². The van der Waals surface area contributed by atoms with Crippen LogP contribution in [-0.2, 0) is 79.8 Å². The Morgan fingerprint density at radius 2 is 1.15 bits per heavy atom. The van der Waals surface area contributed by atoms with Gasteiger partial charge in [0.15, 0.2) is 11.6 Å². The van der Waals surface area contributed by atoms with E-state index in [0.717, 1.165) is 42.8 Å². The molecule has 2 heterocycles. The van der Waals surface area contributed by atoms with Gasteiger partial charge in [-0.15, -0.1) is 10.2 Å². The second kappa shape index (κ2) is 47.0. The van der Waals surface area contributed by atoms with Gasteiger partial charge in [-0.3, -0.25) is 62.4 Å². The summed E-state index contributed by atoms with van der Waals surface area (Å²) in [5, 5.41) is 62.1. The number of aromatic nitrogens is 6. The van der Waals surface area contributed by atoms with Crippen LogP contribution in [0.3, 0.4) is 0 Å². The maximum absolute atomic E-state index is 14.2. The minimum Gasteiger partial charge on any atom is -0.480 e. The van der Waals surface area contributed by atoms with E-state index in [1.54, 1.807) is 0 Å². The zero-order valence-corrected chi connectivity index (χ0v) is 51.2. The maximum Gasteiger partial charge on any atom is 0.317 e. The number of aliphatic hydroxyl groups is 1. The molecule has 0 spiro atoms. The van der Waals surface area contributed by atoms with Gasteiger partial charge in [-0.1, -0.05) is 95.6 Å². The highest BCUT2D eigenvalue weighted by molar-refractivity contribution is 5.97. The number of tetrazole rings is 1. The number of carboxylic acids is 2. The number of aliphatic hydroxyl groups excluding tert-OH is 1. The number of carboxylic acid groups (broad SMARTS) is 2. The number of ether oxygens (including phenoxy) is 2. The van der Waals surface area contributed by atoms with Crippen LogP contribution in [0.15, 0.2) is 12.5 Å². The monoisotopic (exact) mass is 1260 g/mol. The highest BCUT2D eigenvalue weighted by Gasteiger charge is 2.33. The predicted molar refractivity (Wildman–Crippen MR) is 317 cm³/mol. The summed E-state index contributed by atoms with van der Waals surface area (Å²) in [5.74, 6) is -9.87. The van der Waals surface area contributed by atoms with Crippen molar-refractivity contribution < 1.29 is 82.3 Å². The van der Waals surface area contributed by atoms with Gasteiger partial charge in [0.1, 0.15) is 30.8 Å². The molecule has 0 radical (unpaired) electrons. The van der Waals surface area contributed by atoms with Crippen molar-refractivity contribution >= 4 is 70.9 Å². The van der Waals surface area contributed by atoms with Crippen LogP contribution in [0, 0.1) is 0 Å². The maximum atomic E-state index is 14.2. The number of aliphatic carboxylic acids is 2. The number of unbranched alkanes of at least 4 members (excludes halogenated alkanes) is 13. The molecule has 33 nitrogen and oxygen atoms in total. The summed E-state index contributed by atoms with van der Waals surface area (Å²) in [6.07, 6.45) is 18.9. The number of Topliss-reactive ketones (excluding diaryl/α,β-unsaturated/α-hetero) is 1. The lowest BCUT2D eigenvalue weighted by Crippen LogP contribution is -2.60. The lowest BCUT2D eigenvalue weighted by molar-refractivity contribution is -0.142. The first-order chi connectivity index (χ1) is 42.7. The average molecular weight is 1260 g/mol. The number of ketones is 1. The van der Waals surface area contributed by atoms with E-state index < -0.39 is 147 Å². The number of hydrogen-bond acceptors (Lipinski definition) is 20. The van der Waals surface area contributed by atoms with E-state index in [-0.39, 0.29) is 51.5 Å². The van der Waals surface area contributed by atoms with Crippen molar-refractivity contribution in [1.82, 2.24) is 78.0 Å². The number of nitrogens with two attached hydrogens (primary N) is 1. The fourth-order valence-corrected chi connectivity index (χ4v) is 8.90. The Kier molecular flexibility index (Phi) is 40.7. The van der Waals surface area contributed by atoms with Crippen molar-refractivity contribution in [2.24, 2.45) is 5.73 Å². The molecule has 0 saturated carbocycles. The number of amides is 9. The lowest BCUT2D eigenvalue weighted by atomic mass is 10.0. The van der Waals surface area contributed by atoms with Gasteiger partial charge in [0, 0.05) is 50.7 Å². The highest BCUT2D eigenvalue weighted by Crippen LogP contribution is 2.14. The van der Waals surface area contributed by atoms with Crippen molar-refractivity contribution in [3.8, 4) is 0 Å². The fourth-order valence-electron chi connectivity index (χ4n) is 8.90. The van der Waals surface area contributed by atoms with Crippen molar-refractivity contribution in [2.75, 3.05) is 72.3 Å². The number of rotatable bonds is 54. The highest BCUT2D eigenvalue weighted by atomic mass is 16.5. The van der Waals surface area contributed by atoms with E-state index in [0.29, 0.717) is 31.5 Å². The molecule has 0 bridgehead atoms. The molecule has 0 unspecified atom stereocenters. The molecule has 0 aromatic carbocycles. The molecule has 2 rings (SSSR count). The minimum absolute atomic E-state index is 0.0170. The molecule has 2 aromatic heterocycles. The molecule has 0 aliphatic carbocycles. The zero-order chi connectivity index (χ0) is 65.6. The molecule has 500 valence electrons. The van der Waals surface area contributed by atoms with Gasteiger partial charge in [-0.05, 0) is 39.0 Å². The van der Waals surface area contributed by atoms with E-state index in [1.165, 1.54) is 77.2 Å². The summed E-state index contributed by atoms with van der Waals surface area (Å²) in [7, 11) is 0. The Morgan fingerprint density at radius 3 is 1.71 bits per heavy atom. The molecule has 0 aliphatic rings. The summed E-state index contributed by atoms with van der Waals surface area (Å²) in [5.41, 5.74) is 5.66. The summed E-state index contributed by atoms with van der Waals surface area (Å²) in [6, 6.07) is -7.41. The van der Waals surface area contributed by atoms with Crippen LogP contribution < -0.4 is 48.3 Å². The van der Waals surface area contributed by atoms with Crippen molar-refractivity contribution in [1.29, 1.82) is 0 Å². The average Bonchev–Trinajstić information content (AvgIpc) is 4.21. The van der Waals surface area contributed by atoms with Crippen LogP contribution in [0.2, 0.25) is 0 Å². The van der Waals surface area contributed by atoms with Crippen LogP contribution >= 0.6 is 0 Å². The third kappa shape index (κ3) is 38.1. The molecule has 0 fully saturated rings. The standard InChI is InChI=1S/C56H94N16O17/c1-3-4-18-40(38(2)74)64-54(85)42(23-24-59-49(78)32-72(33-51(80)81)34-52(82)83)66-55(86)43(29-39-30-58-37-62-39)67-53(84)41(21-22-45(57)75)65-56(87)44(35-73)63-48(77)31-61-50(79)36-89-28-27-88-26-25-60-47(76)20-17-15-13-11-9-7-5-6-8-10-12-14-16-19-46-68-70-71-69-46/h30,37,40-44,73H,3-29,31-36H2,1-2H3,(H2,57,75)(H,58,62)(H,59,78)(H,60,76)(H,61,79)(H,63,77)(H,64,85)(H,65,87)(H,66,86)(H,67,84)(H,80,81)(H,82,83)(H,68,69,70,71)/t40-,41-,42-,43-,44-/m0/s1. The first kappa shape index (κ1) is 77.1. The fraction of sp³-hybridized carbons (Fsp3) is 0.714. The number of nitrogens with zero attached hydrogens (tertiary/aromatic N) is 5. The Bertz CT molecular complexity index is 2440. The number of imidazole rings is 1. The van der Waals surface area contributed by atoms with Gasteiger partial charge >= 0.3 is 11.9 Å². The molecule has 89 heavy (non-hydrogen) atoms. The minimum atomic E-state index is -1.71. The number of primary amides is 1. The summed E-state index contributed by atoms with van der Waals surface area (Å²) < 4.78 is 10.8. The van der Waals surface area contributed by atoms with Gasteiger partial charge in [0.05, 0.1) is 65.0 Å². The largest absolute Gasteiger partial charge is 0.480 e. The Labute approximate surface area is 517 Å². The number of aromatic amines is 2. The van der Waals surface area contributed by atoms with Gasteiger partial charge in [0.2, 0.25) is 53.2 Å². The third-order valence-electron chi connectivity index (χ3n) is 13.7. The SMILES string of the molecule is CCCC[C@H](NC(=O)[C@H](CCNC(=O)CN(CC(=O)O)CC(=O)O)NC(=O)[C@H](Cc1cnc[nH]1)NC(=O)[C@H](CCC(N)=O)NC(=O)[C@H](CO)NC(=O)CNC(=O)COCCOCCNC(=O)CCCCCCCCCCCCCCCc1nn[nH]n1)C(C)=O. The quantitative estimate of drug-likeness (QED) is 0.0315. The van der Waals surface area contributed by atoms with Gasteiger partial charge in [-0.25, -0.2) is 4.98 Å². The normalized spacial score (nSPS) is 12.8. The van der Waals surface area contributed by atoms with Gasteiger partial charge in [-0.2, -0.15) is 5.21 Å². The second-order valence-electron chi connectivity index (χ2n) is 21.4. The third-order valence-corrected chi connectivity index (χ3v) is 13.7. The topological polar surface area (TPSA) is 493 Å². The number of H-pyrrole nitrogens is 2. The molecule has 5 atom stereocenters. The first-order valence-electron chi connectivity index (χ1n) is 30.4. The van der Waals surface area contributed by atoms with E-state index >= 15 is 0 Å². The number of hydrogen-bond donors (Lipinski definition) is 14. The molecule has 33 heteroatoms. The first-order valence-corrected chi connectivity index (χ1v) is 30.4. The van der Waals surface area contributed by atoms with Crippen LogP contribution in [-0.4, -0.2) is 224 Å². The Balaban J connectivity index is 1.84. The van der Waals surface area contributed by atoms with Crippen molar-refractivity contribution in [3.05, 3.63) is 24.0 Å². The van der Waals surface area contributed by atoms with Crippen LogP contribution in [0.1, 0.15) is 154 Å². The summed E-state index contributed by atoms with van der Waals surface area (Å²) in [6.45, 7) is -0.890. The molecule has 9 amide bonds. The predicted octanol–water partition coefficient (Wildman–Crippen LogP) is -2.13. The molecule has 2 aromatic rings. The number of nitrogens with one attached hydrogen (secondary N) is 10. The number of carbonyl (C=O) groups excluding carboxylic acids is 10. The molecular weight excluding hydrogens is 1170 g/mol. The lowest BCUT2D eigenvalue weighted by Gasteiger charge is -2.27. The zero-order valence-electron chi connectivity index (χ0n) is 51.2. The van der Waals surface area contributed by atoms with Gasteiger partial charge in [0.25, 0.3) is 0 Å². The van der Waals surface area contributed by atoms with Gasteiger partial charge < -0.3 is 78.0 Å². The summed E-state index contributed by atoms with van der Waals surface area (Å²) >= 11 is 0. The van der Waals surface area contributed by atoms with Crippen molar-refractivity contribution in [2.45, 2.75) is 185 Å². The van der Waals surface area contributed by atoms with Crippen LogP contribution in [0.5, 0.6) is 0 Å². The van der Waals surface area contributed by atoms with Crippen LogP contribution in [0.4, 0.5) is 0 Å². The van der Waals surface area contributed by atoms with E-state index in [1.807, 2.05) is 6.92 Å². The molecular formula is C56H94N16O17. The number of aryl methyl sites for hydroxylation is 1. The van der Waals surface area contributed by atoms with E-state index in [9.17, 15) is 62.6 Å². The Hall–Kier alpha value is -8.04. The van der Waals surface area contributed by atoms with Crippen molar-refractivity contribution in [3.63, 3.8) is 0 Å². The van der Waals surface area contributed by atoms with E-state index in [2.05, 4.69) is 73.1 Å². The number of carbonyl (C=O) groups is 12. The second-order valence-corrected chi connectivity index (χ2v) is 21.4. The molecule has 15 N–H and O–H groups in total. The van der Waals surface area contributed by atoms with Crippen LogP contribution in [0.25, 0.3) is 0 Å². The molecule has 0 saturated heterocycles. The summed E-state index contributed by atoms with van der Waals surface area (Å²) in [4.78, 5) is 160. The Morgan fingerprint density at radius 1 is 0.584 bits per heavy atom. The molecule has 0 aliphatic heterocycles.